The molecule has 3 aliphatic rings. The summed E-state index contributed by atoms with van der Waals surface area (Å²) in [5, 5.41) is 4.25. The van der Waals surface area contributed by atoms with E-state index in [0.717, 1.165) is 51.9 Å². The largest absolute Gasteiger partial charge is 0.375 e. The van der Waals surface area contributed by atoms with Crippen molar-refractivity contribution in [2.45, 2.75) is 70.7 Å². The Morgan fingerprint density at radius 3 is 2.59 bits per heavy atom. The van der Waals surface area contributed by atoms with Crippen molar-refractivity contribution in [2.75, 3.05) is 45.9 Å². The van der Waals surface area contributed by atoms with Crippen molar-refractivity contribution < 1.29 is 9.53 Å². The minimum atomic E-state index is -0.0418. The summed E-state index contributed by atoms with van der Waals surface area (Å²) in [6, 6.07) is 3.10. The number of aromatic nitrogens is 2. The molecule has 29 heavy (non-hydrogen) atoms. The second kappa shape index (κ2) is 8.74. The van der Waals surface area contributed by atoms with Crippen LogP contribution in [0.4, 0.5) is 0 Å². The molecule has 7 nitrogen and oxygen atoms in total. The van der Waals surface area contributed by atoms with Crippen molar-refractivity contribution in [1.29, 1.82) is 0 Å². The molecule has 0 unspecified atom stereocenters. The number of hydrogen-bond acceptors (Lipinski definition) is 5. The number of carbonyl (C=O) groups excluding carboxylic acids is 1. The summed E-state index contributed by atoms with van der Waals surface area (Å²) in [5.41, 5.74) is 0.661. The lowest BCUT2D eigenvalue weighted by Gasteiger charge is -2.50. The highest BCUT2D eigenvalue weighted by Crippen LogP contribution is 2.37. The highest BCUT2D eigenvalue weighted by Gasteiger charge is 2.43. The SMILES string of the molecule is CCn1nccc1C(=O)N1CCC2(CC1)C[C@H](N1CCN(C(C)C)CC1)CCO2. The van der Waals surface area contributed by atoms with Crippen LogP contribution in [-0.2, 0) is 11.3 Å². The monoisotopic (exact) mass is 403 g/mol. The number of rotatable bonds is 4. The van der Waals surface area contributed by atoms with Gasteiger partial charge in [0.1, 0.15) is 5.69 Å². The van der Waals surface area contributed by atoms with Gasteiger partial charge in [0.2, 0.25) is 0 Å². The zero-order chi connectivity index (χ0) is 20.4. The van der Waals surface area contributed by atoms with Crippen LogP contribution in [0.1, 0.15) is 56.9 Å². The number of piperazine rings is 1. The van der Waals surface area contributed by atoms with Gasteiger partial charge < -0.3 is 9.64 Å². The molecule has 1 amide bonds. The van der Waals surface area contributed by atoms with Crippen molar-refractivity contribution >= 4 is 5.91 Å². The standard InChI is InChI=1S/C22H37N5O2/c1-4-27-20(5-9-23-27)21(28)26-10-7-22(8-11-26)17-19(6-16-29-22)25-14-12-24(13-15-25)18(2)3/h5,9,18-19H,4,6-8,10-17H2,1-3H3/t19-/m1/s1. The van der Waals surface area contributed by atoms with Gasteiger partial charge in [-0.2, -0.15) is 5.10 Å². The minimum absolute atomic E-state index is 0.0418. The topological polar surface area (TPSA) is 53.8 Å². The molecule has 0 aliphatic carbocycles. The van der Waals surface area contributed by atoms with Gasteiger partial charge >= 0.3 is 0 Å². The molecule has 1 aromatic heterocycles. The molecule has 3 aliphatic heterocycles. The first-order valence-electron chi connectivity index (χ1n) is 11.4. The molecule has 162 valence electrons. The summed E-state index contributed by atoms with van der Waals surface area (Å²) < 4.78 is 8.15. The number of ether oxygens (including phenoxy) is 1. The summed E-state index contributed by atoms with van der Waals surface area (Å²) >= 11 is 0. The van der Waals surface area contributed by atoms with E-state index >= 15 is 0 Å². The molecule has 1 atom stereocenters. The molecule has 0 saturated carbocycles. The first kappa shape index (κ1) is 20.8. The van der Waals surface area contributed by atoms with Crippen LogP contribution in [0.5, 0.6) is 0 Å². The Hall–Kier alpha value is -1.44. The highest BCUT2D eigenvalue weighted by molar-refractivity contribution is 5.92. The zero-order valence-electron chi connectivity index (χ0n) is 18.3. The fourth-order valence-corrected chi connectivity index (χ4v) is 5.33. The molecule has 4 heterocycles. The molecule has 0 aromatic carbocycles. The van der Waals surface area contributed by atoms with Gasteiger partial charge in [0.15, 0.2) is 0 Å². The van der Waals surface area contributed by atoms with Crippen molar-refractivity contribution in [3.05, 3.63) is 18.0 Å². The average Bonchev–Trinajstić information content (AvgIpc) is 3.23. The van der Waals surface area contributed by atoms with Gasteiger partial charge in [-0.15, -0.1) is 0 Å². The smallest absolute Gasteiger partial charge is 0.272 e. The number of piperidine rings is 1. The zero-order valence-corrected chi connectivity index (χ0v) is 18.3. The van der Waals surface area contributed by atoms with Crippen molar-refractivity contribution in [3.8, 4) is 0 Å². The molecule has 0 radical (unpaired) electrons. The Morgan fingerprint density at radius 2 is 1.93 bits per heavy atom. The van der Waals surface area contributed by atoms with Gasteiger partial charge in [0.25, 0.3) is 5.91 Å². The fraction of sp³-hybridized carbons (Fsp3) is 0.818. The third kappa shape index (κ3) is 4.37. The lowest BCUT2D eigenvalue weighted by Crippen LogP contribution is -2.58. The second-order valence-corrected chi connectivity index (χ2v) is 9.17. The van der Waals surface area contributed by atoms with Gasteiger partial charge in [-0.05, 0) is 52.5 Å². The normalized spacial score (nSPS) is 26.3. The number of nitrogens with zero attached hydrogens (tertiary/aromatic N) is 5. The van der Waals surface area contributed by atoms with Crippen LogP contribution in [0.25, 0.3) is 0 Å². The Morgan fingerprint density at radius 1 is 1.21 bits per heavy atom. The first-order chi connectivity index (χ1) is 14.0. The summed E-state index contributed by atoms with van der Waals surface area (Å²) in [6.07, 6.45) is 5.87. The van der Waals surface area contributed by atoms with Gasteiger partial charge in [0, 0.05) is 70.7 Å². The van der Waals surface area contributed by atoms with Crippen LogP contribution in [0.3, 0.4) is 0 Å². The van der Waals surface area contributed by atoms with Crippen LogP contribution >= 0.6 is 0 Å². The summed E-state index contributed by atoms with van der Waals surface area (Å²) in [5.74, 6) is 0.108. The van der Waals surface area contributed by atoms with E-state index in [2.05, 4.69) is 28.7 Å². The quantitative estimate of drug-likeness (QED) is 0.771. The predicted octanol–water partition coefficient (Wildman–Crippen LogP) is 2.08. The van der Waals surface area contributed by atoms with Gasteiger partial charge in [-0.1, -0.05) is 0 Å². The van der Waals surface area contributed by atoms with E-state index in [1.807, 2.05) is 17.9 Å². The van der Waals surface area contributed by atoms with E-state index < -0.39 is 0 Å². The lowest BCUT2D eigenvalue weighted by molar-refractivity contribution is -0.133. The Kier molecular flexibility index (Phi) is 6.27. The maximum atomic E-state index is 12.9. The summed E-state index contributed by atoms with van der Waals surface area (Å²) in [4.78, 5) is 20.2. The number of amides is 1. The average molecular weight is 404 g/mol. The molecule has 1 aromatic rings. The molecule has 3 fully saturated rings. The number of hydrogen-bond donors (Lipinski definition) is 0. The van der Waals surface area contributed by atoms with Crippen molar-refractivity contribution in [2.24, 2.45) is 0 Å². The minimum Gasteiger partial charge on any atom is -0.375 e. The van der Waals surface area contributed by atoms with Crippen LogP contribution < -0.4 is 0 Å². The van der Waals surface area contributed by atoms with E-state index in [-0.39, 0.29) is 11.5 Å². The fourth-order valence-electron chi connectivity index (χ4n) is 5.33. The number of aryl methyl sites for hydroxylation is 1. The van der Waals surface area contributed by atoms with Crippen LogP contribution in [-0.4, -0.2) is 93.9 Å². The maximum Gasteiger partial charge on any atom is 0.272 e. The van der Waals surface area contributed by atoms with Crippen LogP contribution in [0.15, 0.2) is 12.3 Å². The maximum absolute atomic E-state index is 12.9. The first-order valence-corrected chi connectivity index (χ1v) is 11.4. The van der Waals surface area contributed by atoms with Gasteiger partial charge in [-0.3, -0.25) is 19.3 Å². The van der Waals surface area contributed by atoms with Crippen LogP contribution in [0, 0.1) is 0 Å². The van der Waals surface area contributed by atoms with E-state index in [4.69, 9.17) is 4.74 Å². The van der Waals surface area contributed by atoms with E-state index in [1.165, 1.54) is 26.2 Å². The number of likely N-dealkylation sites (tertiary alicyclic amines) is 1. The molecule has 0 N–H and O–H groups in total. The van der Waals surface area contributed by atoms with Gasteiger partial charge in [0.05, 0.1) is 5.60 Å². The lowest BCUT2D eigenvalue weighted by atomic mass is 9.81. The Bertz CT molecular complexity index is 687. The van der Waals surface area contributed by atoms with E-state index in [0.29, 0.717) is 17.8 Å². The van der Waals surface area contributed by atoms with Crippen LogP contribution in [0.2, 0.25) is 0 Å². The molecular weight excluding hydrogens is 366 g/mol. The molecule has 1 spiro atoms. The third-order valence-electron chi connectivity index (χ3n) is 7.26. The van der Waals surface area contributed by atoms with Crippen molar-refractivity contribution in [3.63, 3.8) is 0 Å². The summed E-state index contributed by atoms with van der Waals surface area (Å²) in [7, 11) is 0. The number of carbonyl (C=O) groups is 1. The molecule has 0 bridgehead atoms. The predicted molar refractivity (Wildman–Crippen MR) is 113 cm³/mol. The Labute approximate surface area is 175 Å². The Balaban J connectivity index is 1.33. The molecular formula is C22H37N5O2. The highest BCUT2D eigenvalue weighted by atomic mass is 16.5. The van der Waals surface area contributed by atoms with E-state index in [9.17, 15) is 4.79 Å². The van der Waals surface area contributed by atoms with E-state index in [1.54, 1.807) is 10.9 Å². The molecule has 7 heteroatoms. The third-order valence-corrected chi connectivity index (χ3v) is 7.26. The summed E-state index contributed by atoms with van der Waals surface area (Å²) in [6.45, 7) is 14.4. The van der Waals surface area contributed by atoms with Gasteiger partial charge in [-0.25, -0.2) is 0 Å². The second-order valence-electron chi connectivity index (χ2n) is 9.17. The molecule has 4 rings (SSSR count). The molecule has 3 saturated heterocycles. The van der Waals surface area contributed by atoms with Crippen molar-refractivity contribution in [1.82, 2.24) is 24.5 Å².